The third-order valence-electron chi connectivity index (χ3n) is 2.25. The van der Waals surface area contributed by atoms with Gasteiger partial charge in [-0.25, -0.2) is 0 Å². The monoisotopic (exact) mass is 240 g/mol. The first-order valence-corrected chi connectivity index (χ1v) is 6.42. The summed E-state index contributed by atoms with van der Waals surface area (Å²) >= 11 is 1.67. The van der Waals surface area contributed by atoms with Crippen LogP contribution in [0.5, 0.6) is 0 Å². The van der Waals surface area contributed by atoms with Gasteiger partial charge < -0.3 is 11.1 Å². The Morgan fingerprint density at radius 2 is 2.31 bits per heavy atom. The van der Waals surface area contributed by atoms with Crippen molar-refractivity contribution in [3.05, 3.63) is 22.4 Å². The van der Waals surface area contributed by atoms with Gasteiger partial charge in [0.05, 0.1) is 6.04 Å². The molecule has 3 N–H and O–H groups in total. The summed E-state index contributed by atoms with van der Waals surface area (Å²) in [5.74, 6) is 0.0211. The van der Waals surface area contributed by atoms with Gasteiger partial charge in [0, 0.05) is 16.8 Å². The molecule has 1 aromatic heterocycles. The Morgan fingerprint density at radius 1 is 1.62 bits per heavy atom. The normalized spacial score (nSPS) is 13.5. The number of hydrogen-bond donors (Lipinski definition) is 2. The minimum Gasteiger partial charge on any atom is -0.348 e. The number of carbonyl (C=O) groups excluding carboxylic acids is 1. The van der Waals surface area contributed by atoms with E-state index in [0.717, 1.165) is 6.42 Å². The summed E-state index contributed by atoms with van der Waals surface area (Å²) in [4.78, 5) is 12.9. The van der Waals surface area contributed by atoms with Crippen molar-refractivity contribution in [1.82, 2.24) is 5.32 Å². The van der Waals surface area contributed by atoms with Crippen molar-refractivity contribution in [3.63, 3.8) is 0 Å². The number of hydrogen-bond acceptors (Lipinski definition) is 3. The van der Waals surface area contributed by atoms with E-state index < -0.39 is 5.54 Å². The van der Waals surface area contributed by atoms with E-state index in [0.29, 0.717) is 6.42 Å². The highest BCUT2D eigenvalue weighted by Crippen LogP contribution is 2.22. The van der Waals surface area contributed by atoms with Gasteiger partial charge >= 0.3 is 0 Å². The zero-order chi connectivity index (χ0) is 12.2. The van der Waals surface area contributed by atoms with Gasteiger partial charge in [0.25, 0.3) is 0 Å². The van der Waals surface area contributed by atoms with Crippen molar-refractivity contribution in [1.29, 1.82) is 0 Å². The van der Waals surface area contributed by atoms with Gasteiger partial charge in [-0.15, -0.1) is 11.3 Å². The van der Waals surface area contributed by atoms with E-state index >= 15 is 0 Å². The first kappa shape index (κ1) is 13.2. The van der Waals surface area contributed by atoms with E-state index in [1.165, 1.54) is 4.88 Å². The standard InChI is InChI=1S/C12H20N2OS/c1-4-9(10-6-5-7-16-10)14-11(15)8-12(2,3)13/h5-7,9H,4,8,13H2,1-3H3,(H,14,15). The minimum absolute atomic E-state index is 0.0211. The van der Waals surface area contributed by atoms with Crippen molar-refractivity contribution in [2.24, 2.45) is 5.73 Å². The number of nitrogens with one attached hydrogen (secondary N) is 1. The van der Waals surface area contributed by atoms with Crippen LogP contribution in [0.15, 0.2) is 17.5 Å². The highest BCUT2D eigenvalue weighted by Gasteiger charge is 2.19. The zero-order valence-corrected chi connectivity index (χ0v) is 10.9. The van der Waals surface area contributed by atoms with Crippen LogP contribution in [0.2, 0.25) is 0 Å². The number of rotatable bonds is 5. The number of amides is 1. The number of thiophene rings is 1. The lowest BCUT2D eigenvalue weighted by molar-refractivity contribution is -0.122. The van der Waals surface area contributed by atoms with E-state index in [1.807, 2.05) is 31.4 Å². The molecule has 1 amide bonds. The molecule has 0 saturated heterocycles. The van der Waals surface area contributed by atoms with Crippen LogP contribution >= 0.6 is 11.3 Å². The molecule has 0 bridgehead atoms. The topological polar surface area (TPSA) is 55.1 Å². The molecule has 1 unspecified atom stereocenters. The van der Waals surface area contributed by atoms with Gasteiger partial charge in [0.15, 0.2) is 0 Å². The molecule has 3 nitrogen and oxygen atoms in total. The Balaban J connectivity index is 2.55. The molecule has 0 fully saturated rings. The maximum Gasteiger partial charge on any atom is 0.222 e. The summed E-state index contributed by atoms with van der Waals surface area (Å²) in [5, 5.41) is 5.04. The lowest BCUT2D eigenvalue weighted by Crippen LogP contribution is -2.40. The molecule has 0 spiro atoms. The molecule has 90 valence electrons. The molecule has 0 aromatic carbocycles. The van der Waals surface area contributed by atoms with Crippen molar-refractivity contribution < 1.29 is 4.79 Å². The summed E-state index contributed by atoms with van der Waals surface area (Å²) in [6, 6.07) is 4.17. The molecule has 1 heterocycles. The van der Waals surface area contributed by atoms with Crippen molar-refractivity contribution >= 4 is 17.2 Å². The molecular formula is C12H20N2OS. The van der Waals surface area contributed by atoms with Crippen molar-refractivity contribution in [3.8, 4) is 0 Å². The number of carbonyl (C=O) groups is 1. The third-order valence-corrected chi connectivity index (χ3v) is 3.23. The van der Waals surface area contributed by atoms with Gasteiger partial charge in [-0.2, -0.15) is 0 Å². The highest BCUT2D eigenvalue weighted by atomic mass is 32.1. The van der Waals surface area contributed by atoms with Crippen LogP contribution in [-0.4, -0.2) is 11.4 Å². The second-order valence-electron chi connectivity index (χ2n) is 4.71. The first-order valence-electron chi connectivity index (χ1n) is 5.54. The molecule has 4 heteroatoms. The lowest BCUT2D eigenvalue weighted by atomic mass is 10.0. The Bertz CT molecular complexity index is 327. The quantitative estimate of drug-likeness (QED) is 0.830. The van der Waals surface area contributed by atoms with E-state index in [4.69, 9.17) is 5.73 Å². The van der Waals surface area contributed by atoms with E-state index in [-0.39, 0.29) is 11.9 Å². The number of nitrogens with two attached hydrogens (primary N) is 1. The molecule has 16 heavy (non-hydrogen) atoms. The van der Waals surface area contributed by atoms with Gasteiger partial charge in [-0.1, -0.05) is 13.0 Å². The average molecular weight is 240 g/mol. The first-order chi connectivity index (χ1) is 7.42. The molecule has 0 aliphatic rings. The van der Waals surface area contributed by atoms with E-state index in [2.05, 4.69) is 12.2 Å². The Kier molecular flexibility index (Phi) is 4.50. The van der Waals surface area contributed by atoms with E-state index in [9.17, 15) is 4.79 Å². The molecule has 1 rings (SSSR count). The smallest absolute Gasteiger partial charge is 0.222 e. The highest BCUT2D eigenvalue weighted by molar-refractivity contribution is 7.10. The van der Waals surface area contributed by atoms with Crippen LogP contribution in [0.25, 0.3) is 0 Å². The summed E-state index contributed by atoms with van der Waals surface area (Å²) in [5.41, 5.74) is 5.37. The zero-order valence-electron chi connectivity index (χ0n) is 10.1. The summed E-state index contributed by atoms with van der Waals surface area (Å²) in [7, 11) is 0. The largest absolute Gasteiger partial charge is 0.348 e. The molecule has 0 aliphatic carbocycles. The fourth-order valence-corrected chi connectivity index (χ4v) is 2.38. The van der Waals surface area contributed by atoms with Crippen LogP contribution in [0, 0.1) is 0 Å². The summed E-state index contributed by atoms with van der Waals surface area (Å²) in [6.45, 7) is 5.79. The van der Waals surface area contributed by atoms with Crippen LogP contribution in [0.1, 0.15) is 44.5 Å². The Labute approximate surface area is 101 Å². The fourth-order valence-electron chi connectivity index (χ4n) is 1.52. The molecule has 0 aliphatic heterocycles. The van der Waals surface area contributed by atoms with Crippen LogP contribution in [0.3, 0.4) is 0 Å². The average Bonchev–Trinajstić information content (AvgIpc) is 2.63. The predicted octanol–water partition coefficient (Wildman–Crippen LogP) is 2.44. The van der Waals surface area contributed by atoms with Crippen molar-refractivity contribution in [2.75, 3.05) is 0 Å². The fraction of sp³-hybridized carbons (Fsp3) is 0.583. The van der Waals surface area contributed by atoms with Gasteiger partial charge in [0.1, 0.15) is 0 Å². The third kappa shape index (κ3) is 4.33. The van der Waals surface area contributed by atoms with E-state index in [1.54, 1.807) is 11.3 Å². The Hall–Kier alpha value is -0.870. The van der Waals surface area contributed by atoms with Crippen molar-refractivity contribution in [2.45, 2.75) is 45.2 Å². The molecule has 1 aromatic rings. The lowest BCUT2D eigenvalue weighted by Gasteiger charge is -2.21. The van der Waals surface area contributed by atoms with Crippen LogP contribution in [-0.2, 0) is 4.79 Å². The molecular weight excluding hydrogens is 220 g/mol. The maximum absolute atomic E-state index is 11.7. The van der Waals surface area contributed by atoms with Crippen LogP contribution < -0.4 is 11.1 Å². The maximum atomic E-state index is 11.7. The summed E-state index contributed by atoms with van der Waals surface area (Å²) < 4.78 is 0. The molecule has 1 atom stereocenters. The minimum atomic E-state index is -0.447. The van der Waals surface area contributed by atoms with Gasteiger partial charge in [-0.05, 0) is 31.7 Å². The molecule has 0 radical (unpaired) electrons. The molecule has 0 saturated carbocycles. The van der Waals surface area contributed by atoms with Crippen LogP contribution in [0.4, 0.5) is 0 Å². The Morgan fingerprint density at radius 3 is 2.75 bits per heavy atom. The SMILES string of the molecule is CCC(NC(=O)CC(C)(C)N)c1cccs1. The summed E-state index contributed by atoms with van der Waals surface area (Å²) in [6.07, 6.45) is 1.26. The second kappa shape index (κ2) is 5.46. The van der Waals surface area contributed by atoms with Gasteiger partial charge in [-0.3, -0.25) is 4.79 Å². The van der Waals surface area contributed by atoms with Gasteiger partial charge in [0.2, 0.25) is 5.91 Å². The predicted molar refractivity (Wildman–Crippen MR) is 68.4 cm³/mol. The second-order valence-corrected chi connectivity index (χ2v) is 5.69.